The number of rotatable bonds is 5. The van der Waals surface area contributed by atoms with E-state index in [9.17, 15) is 0 Å². The van der Waals surface area contributed by atoms with Crippen molar-refractivity contribution in [2.45, 2.75) is 45.7 Å². The number of thiazole rings is 1. The van der Waals surface area contributed by atoms with Gasteiger partial charge >= 0.3 is 0 Å². The zero-order chi connectivity index (χ0) is 13.2. The Morgan fingerprint density at radius 2 is 2.21 bits per heavy atom. The van der Waals surface area contributed by atoms with Crippen LogP contribution in [-0.4, -0.2) is 11.0 Å². The molecule has 3 heteroatoms. The molecule has 1 aromatic heterocycles. The van der Waals surface area contributed by atoms with E-state index in [0.29, 0.717) is 0 Å². The molecule has 0 saturated heterocycles. The summed E-state index contributed by atoms with van der Waals surface area (Å²) < 4.78 is 0. The molecule has 1 saturated carbocycles. The molecule has 1 heterocycles. The van der Waals surface area contributed by atoms with E-state index in [1.54, 1.807) is 0 Å². The molecule has 1 aromatic carbocycles. The number of nitrogens with zero attached hydrogens (tertiary/aromatic N) is 1. The highest BCUT2D eigenvalue weighted by molar-refractivity contribution is 7.15. The summed E-state index contributed by atoms with van der Waals surface area (Å²) in [6.45, 7) is 5.31. The summed E-state index contributed by atoms with van der Waals surface area (Å²) in [5.74, 6) is 0. The molecule has 1 N–H and O–H groups in total. The minimum atomic E-state index is 0.759. The lowest BCUT2D eigenvalue weighted by Gasteiger charge is -2.00. The Morgan fingerprint density at radius 1 is 1.37 bits per heavy atom. The van der Waals surface area contributed by atoms with Crippen LogP contribution in [0.25, 0.3) is 10.6 Å². The van der Waals surface area contributed by atoms with E-state index in [4.69, 9.17) is 4.98 Å². The molecule has 1 aliphatic rings. The van der Waals surface area contributed by atoms with Gasteiger partial charge in [0.1, 0.15) is 5.01 Å². The van der Waals surface area contributed by atoms with E-state index in [1.807, 2.05) is 11.3 Å². The summed E-state index contributed by atoms with van der Waals surface area (Å²) >= 11 is 1.84. The Labute approximate surface area is 118 Å². The van der Waals surface area contributed by atoms with Crippen LogP contribution in [0.5, 0.6) is 0 Å². The molecule has 2 aromatic rings. The predicted octanol–water partition coefficient (Wildman–Crippen LogP) is 3.93. The Bertz CT molecular complexity index is 570. The largest absolute Gasteiger partial charge is 0.309 e. The van der Waals surface area contributed by atoms with Crippen LogP contribution in [-0.2, 0) is 13.0 Å². The summed E-state index contributed by atoms with van der Waals surface area (Å²) in [5, 5.41) is 4.75. The van der Waals surface area contributed by atoms with Crippen LogP contribution in [0, 0.1) is 6.92 Å². The highest BCUT2D eigenvalue weighted by Gasteiger charge is 2.21. The first-order valence-electron chi connectivity index (χ1n) is 7.05. The van der Waals surface area contributed by atoms with Crippen LogP contribution in [0.4, 0.5) is 0 Å². The van der Waals surface area contributed by atoms with Crippen LogP contribution in [0.1, 0.15) is 35.9 Å². The number of hydrogen-bond donors (Lipinski definition) is 1. The molecule has 0 atom stereocenters. The van der Waals surface area contributed by atoms with Crippen molar-refractivity contribution < 1.29 is 0 Å². The lowest BCUT2D eigenvalue weighted by Crippen LogP contribution is -2.15. The quantitative estimate of drug-likeness (QED) is 0.892. The molecule has 0 radical (unpaired) electrons. The highest BCUT2D eigenvalue weighted by Crippen LogP contribution is 2.30. The maximum absolute atomic E-state index is 4.82. The molecular formula is C16H20N2S. The maximum atomic E-state index is 4.82. The molecule has 0 amide bonds. The fourth-order valence-corrected chi connectivity index (χ4v) is 3.32. The van der Waals surface area contributed by atoms with Gasteiger partial charge in [0, 0.05) is 23.0 Å². The number of hydrogen-bond acceptors (Lipinski definition) is 3. The topological polar surface area (TPSA) is 24.9 Å². The van der Waals surface area contributed by atoms with E-state index in [1.165, 1.54) is 34.5 Å². The van der Waals surface area contributed by atoms with Crippen molar-refractivity contribution in [2.75, 3.05) is 0 Å². The molecular weight excluding hydrogens is 252 g/mol. The van der Waals surface area contributed by atoms with Gasteiger partial charge in [-0.25, -0.2) is 4.98 Å². The second kappa shape index (κ2) is 5.43. The first-order valence-corrected chi connectivity index (χ1v) is 7.87. The van der Waals surface area contributed by atoms with E-state index >= 15 is 0 Å². The Hall–Kier alpha value is -1.19. The summed E-state index contributed by atoms with van der Waals surface area (Å²) in [6.07, 6.45) is 3.69. The SMILES string of the molecule is CCc1nc(-c2cccc(C)c2)sc1CNC1CC1. The van der Waals surface area contributed by atoms with Crippen molar-refractivity contribution in [3.8, 4) is 10.6 Å². The number of aryl methyl sites for hydroxylation is 2. The average molecular weight is 272 g/mol. The van der Waals surface area contributed by atoms with Gasteiger partial charge in [0.25, 0.3) is 0 Å². The Morgan fingerprint density at radius 3 is 2.89 bits per heavy atom. The van der Waals surface area contributed by atoms with Crippen LogP contribution >= 0.6 is 11.3 Å². The average Bonchev–Trinajstić information content (AvgIpc) is 3.15. The van der Waals surface area contributed by atoms with Gasteiger partial charge in [-0.2, -0.15) is 0 Å². The highest BCUT2D eigenvalue weighted by atomic mass is 32.1. The second-order valence-electron chi connectivity index (χ2n) is 5.27. The van der Waals surface area contributed by atoms with E-state index < -0.39 is 0 Å². The fourth-order valence-electron chi connectivity index (χ4n) is 2.22. The molecule has 0 bridgehead atoms. The molecule has 1 aliphatic carbocycles. The first kappa shape index (κ1) is 12.8. The molecule has 0 spiro atoms. The number of nitrogens with one attached hydrogen (secondary N) is 1. The van der Waals surface area contributed by atoms with Crippen LogP contribution < -0.4 is 5.32 Å². The summed E-state index contributed by atoms with van der Waals surface area (Å²) in [4.78, 5) is 6.23. The Balaban J connectivity index is 1.85. The zero-order valence-corrected chi connectivity index (χ0v) is 12.4. The molecule has 0 aliphatic heterocycles. The van der Waals surface area contributed by atoms with E-state index in [-0.39, 0.29) is 0 Å². The first-order chi connectivity index (χ1) is 9.26. The molecule has 0 unspecified atom stereocenters. The van der Waals surface area contributed by atoms with Crippen molar-refractivity contribution in [3.05, 3.63) is 40.4 Å². The molecule has 3 rings (SSSR count). The summed E-state index contributed by atoms with van der Waals surface area (Å²) in [6, 6.07) is 9.38. The third-order valence-electron chi connectivity index (χ3n) is 3.51. The minimum absolute atomic E-state index is 0.759. The minimum Gasteiger partial charge on any atom is -0.309 e. The van der Waals surface area contributed by atoms with Crippen LogP contribution in [0.2, 0.25) is 0 Å². The normalized spacial score (nSPS) is 14.8. The fraction of sp³-hybridized carbons (Fsp3) is 0.438. The monoisotopic (exact) mass is 272 g/mol. The van der Waals surface area contributed by atoms with Crippen molar-refractivity contribution in [2.24, 2.45) is 0 Å². The van der Waals surface area contributed by atoms with Gasteiger partial charge in [0.05, 0.1) is 5.69 Å². The maximum Gasteiger partial charge on any atom is 0.123 e. The van der Waals surface area contributed by atoms with Gasteiger partial charge in [-0.1, -0.05) is 30.7 Å². The smallest absolute Gasteiger partial charge is 0.123 e. The van der Waals surface area contributed by atoms with Crippen molar-refractivity contribution in [1.29, 1.82) is 0 Å². The zero-order valence-electron chi connectivity index (χ0n) is 11.6. The Kier molecular flexibility index (Phi) is 3.67. The van der Waals surface area contributed by atoms with Gasteiger partial charge in [-0.15, -0.1) is 11.3 Å². The van der Waals surface area contributed by atoms with E-state index in [2.05, 4.69) is 43.4 Å². The lowest BCUT2D eigenvalue weighted by molar-refractivity contribution is 0.689. The van der Waals surface area contributed by atoms with Gasteiger partial charge in [-0.3, -0.25) is 0 Å². The summed E-state index contributed by atoms with van der Waals surface area (Å²) in [7, 11) is 0. The van der Waals surface area contributed by atoms with E-state index in [0.717, 1.165) is 24.0 Å². The second-order valence-corrected chi connectivity index (χ2v) is 6.35. The van der Waals surface area contributed by atoms with Gasteiger partial charge in [0.15, 0.2) is 0 Å². The number of aromatic nitrogens is 1. The summed E-state index contributed by atoms with van der Waals surface area (Å²) in [5.41, 5.74) is 3.80. The van der Waals surface area contributed by atoms with Crippen molar-refractivity contribution in [1.82, 2.24) is 10.3 Å². The van der Waals surface area contributed by atoms with Gasteiger partial charge in [-0.05, 0) is 32.3 Å². The molecule has 100 valence electrons. The van der Waals surface area contributed by atoms with Gasteiger partial charge < -0.3 is 5.32 Å². The lowest BCUT2D eigenvalue weighted by atomic mass is 10.1. The third-order valence-corrected chi connectivity index (χ3v) is 4.65. The molecule has 1 fully saturated rings. The number of benzene rings is 1. The molecule has 2 nitrogen and oxygen atoms in total. The van der Waals surface area contributed by atoms with Crippen LogP contribution in [0.15, 0.2) is 24.3 Å². The van der Waals surface area contributed by atoms with Crippen molar-refractivity contribution >= 4 is 11.3 Å². The van der Waals surface area contributed by atoms with Crippen molar-refractivity contribution in [3.63, 3.8) is 0 Å². The predicted molar refractivity (Wildman–Crippen MR) is 81.5 cm³/mol. The third kappa shape index (κ3) is 3.04. The molecule has 19 heavy (non-hydrogen) atoms. The van der Waals surface area contributed by atoms with Crippen LogP contribution in [0.3, 0.4) is 0 Å². The standard InChI is InChI=1S/C16H20N2S/c1-3-14-15(10-17-13-7-8-13)19-16(18-14)12-6-4-5-11(2)9-12/h4-6,9,13,17H,3,7-8,10H2,1-2H3. The van der Waals surface area contributed by atoms with Gasteiger partial charge in [0.2, 0.25) is 0 Å².